The third-order valence-corrected chi connectivity index (χ3v) is 3.26. The maximum atomic E-state index is 4.43. The normalized spacial score (nSPS) is 12.6. The molecule has 5 heteroatoms. The second-order valence-electron chi connectivity index (χ2n) is 3.76. The zero-order chi connectivity index (χ0) is 12.3. The molecule has 2 aromatic rings. The molecule has 4 nitrogen and oxygen atoms in total. The van der Waals surface area contributed by atoms with E-state index < -0.39 is 0 Å². The minimum absolute atomic E-state index is 0.00979. The van der Waals surface area contributed by atoms with E-state index in [1.165, 1.54) is 0 Å². The predicted octanol–water partition coefficient (Wildman–Crippen LogP) is 2.28. The molecular formula is C12H15BrN4. The molecule has 90 valence electrons. The smallest absolute Gasteiger partial charge is 0.131 e. The molecule has 0 radical (unpaired) electrons. The number of aryl methyl sites for hydroxylation is 1. The predicted molar refractivity (Wildman–Crippen MR) is 70.7 cm³/mol. The first-order valence-corrected chi connectivity index (χ1v) is 6.34. The van der Waals surface area contributed by atoms with Crippen molar-refractivity contribution in [3.05, 3.63) is 46.7 Å². The Kier molecular flexibility index (Phi) is 3.91. The Labute approximate surface area is 109 Å². The molecule has 0 aliphatic carbocycles. The molecule has 2 heterocycles. The number of imidazole rings is 1. The van der Waals surface area contributed by atoms with E-state index in [9.17, 15) is 0 Å². The number of halogens is 1. The van der Waals surface area contributed by atoms with Gasteiger partial charge in [-0.2, -0.15) is 0 Å². The average Bonchev–Trinajstić information content (AvgIpc) is 2.74. The first-order chi connectivity index (χ1) is 8.24. The Hall–Kier alpha value is -1.20. The molecule has 1 atom stereocenters. The molecule has 1 N–H and O–H groups in total. The molecule has 0 saturated heterocycles. The zero-order valence-electron chi connectivity index (χ0n) is 9.89. The van der Waals surface area contributed by atoms with Gasteiger partial charge in [0.15, 0.2) is 0 Å². The van der Waals surface area contributed by atoms with Crippen LogP contribution in [0.4, 0.5) is 0 Å². The Morgan fingerprint density at radius 1 is 1.41 bits per heavy atom. The fraction of sp³-hybridized carbons (Fsp3) is 0.333. The summed E-state index contributed by atoms with van der Waals surface area (Å²) >= 11 is 3.54. The fourth-order valence-corrected chi connectivity index (χ4v) is 2.26. The number of nitrogens with one attached hydrogen (secondary N) is 1. The largest absolute Gasteiger partial charge is 0.336 e. The quantitative estimate of drug-likeness (QED) is 0.941. The molecule has 0 aliphatic heterocycles. The van der Waals surface area contributed by atoms with Gasteiger partial charge in [-0.15, -0.1) is 0 Å². The average molecular weight is 295 g/mol. The molecule has 2 aromatic heterocycles. The first-order valence-electron chi connectivity index (χ1n) is 5.55. The van der Waals surface area contributed by atoms with Gasteiger partial charge in [-0.1, -0.05) is 6.92 Å². The van der Waals surface area contributed by atoms with E-state index in [2.05, 4.69) is 38.1 Å². The molecule has 1 unspecified atom stereocenters. The van der Waals surface area contributed by atoms with Crippen LogP contribution < -0.4 is 5.32 Å². The van der Waals surface area contributed by atoms with Gasteiger partial charge in [-0.05, 0) is 34.6 Å². The summed E-state index contributed by atoms with van der Waals surface area (Å²) in [7, 11) is 1.99. The maximum absolute atomic E-state index is 4.43. The minimum atomic E-state index is 0.00979. The lowest BCUT2D eigenvalue weighted by Crippen LogP contribution is -2.26. The Morgan fingerprint density at radius 3 is 2.82 bits per heavy atom. The maximum Gasteiger partial charge on any atom is 0.131 e. The summed E-state index contributed by atoms with van der Waals surface area (Å²) in [5.74, 6) is 0.964. The summed E-state index contributed by atoms with van der Waals surface area (Å²) in [6, 6.07) is 3.92. The van der Waals surface area contributed by atoms with Crippen LogP contribution in [0.25, 0.3) is 0 Å². The van der Waals surface area contributed by atoms with Gasteiger partial charge in [0.1, 0.15) is 11.9 Å². The number of nitrogens with zero attached hydrogens (tertiary/aromatic N) is 3. The zero-order valence-corrected chi connectivity index (χ0v) is 11.5. The van der Waals surface area contributed by atoms with Gasteiger partial charge in [-0.25, -0.2) is 4.98 Å². The second kappa shape index (κ2) is 5.42. The van der Waals surface area contributed by atoms with Gasteiger partial charge >= 0.3 is 0 Å². The Balaban J connectivity index is 2.43. The van der Waals surface area contributed by atoms with Crippen LogP contribution >= 0.6 is 15.9 Å². The highest BCUT2D eigenvalue weighted by Gasteiger charge is 2.20. The number of hydrogen-bond donors (Lipinski definition) is 1. The molecule has 0 aromatic carbocycles. The summed E-state index contributed by atoms with van der Waals surface area (Å²) in [6.45, 7) is 2.94. The molecule has 0 aliphatic rings. The second-order valence-corrected chi connectivity index (χ2v) is 4.61. The summed E-state index contributed by atoms with van der Waals surface area (Å²) in [6.07, 6.45) is 5.54. The summed E-state index contributed by atoms with van der Waals surface area (Å²) in [4.78, 5) is 8.82. The highest BCUT2D eigenvalue weighted by atomic mass is 79.9. The summed E-state index contributed by atoms with van der Waals surface area (Å²) in [5, 5.41) is 3.41. The van der Waals surface area contributed by atoms with Crippen molar-refractivity contribution in [1.29, 1.82) is 0 Å². The van der Waals surface area contributed by atoms with Gasteiger partial charge in [0.05, 0.1) is 5.69 Å². The first kappa shape index (κ1) is 12.3. The molecule has 17 heavy (non-hydrogen) atoms. The highest BCUT2D eigenvalue weighted by molar-refractivity contribution is 9.10. The van der Waals surface area contributed by atoms with Gasteiger partial charge in [0, 0.05) is 30.1 Å². The molecule has 0 amide bonds. The van der Waals surface area contributed by atoms with Crippen molar-refractivity contribution < 1.29 is 0 Å². The van der Waals surface area contributed by atoms with Crippen LogP contribution in [0.5, 0.6) is 0 Å². The monoisotopic (exact) mass is 294 g/mol. The lowest BCUT2D eigenvalue weighted by atomic mass is 10.1. The molecule has 0 spiro atoms. The Bertz CT molecular complexity index is 495. The SMILES string of the molecule is CCNC(c1ncccc1Br)c1nccn1C. The number of hydrogen-bond acceptors (Lipinski definition) is 3. The van der Waals surface area contributed by atoms with E-state index in [4.69, 9.17) is 0 Å². The third kappa shape index (κ3) is 2.56. The fourth-order valence-electron chi connectivity index (χ4n) is 1.78. The van der Waals surface area contributed by atoms with Crippen molar-refractivity contribution in [2.45, 2.75) is 13.0 Å². The van der Waals surface area contributed by atoms with Crippen molar-refractivity contribution in [2.75, 3.05) is 6.54 Å². The third-order valence-electron chi connectivity index (χ3n) is 2.59. The van der Waals surface area contributed by atoms with Crippen molar-refractivity contribution in [2.24, 2.45) is 7.05 Å². The number of pyridine rings is 1. The van der Waals surface area contributed by atoms with Gasteiger partial charge in [-0.3, -0.25) is 4.98 Å². The van der Waals surface area contributed by atoms with Gasteiger partial charge < -0.3 is 9.88 Å². The minimum Gasteiger partial charge on any atom is -0.336 e. The summed E-state index contributed by atoms with van der Waals surface area (Å²) in [5.41, 5.74) is 0.962. The van der Waals surface area contributed by atoms with E-state index in [1.54, 1.807) is 12.4 Å². The van der Waals surface area contributed by atoms with Crippen LogP contribution in [-0.4, -0.2) is 21.1 Å². The van der Waals surface area contributed by atoms with Crippen LogP contribution in [-0.2, 0) is 7.05 Å². The van der Waals surface area contributed by atoms with Crippen molar-refractivity contribution in [3.63, 3.8) is 0 Å². The molecule has 2 rings (SSSR count). The van der Waals surface area contributed by atoms with Crippen molar-refractivity contribution >= 4 is 15.9 Å². The lowest BCUT2D eigenvalue weighted by Gasteiger charge is -2.18. The topological polar surface area (TPSA) is 42.7 Å². The Morgan fingerprint density at radius 2 is 2.24 bits per heavy atom. The number of aromatic nitrogens is 3. The molecule has 0 saturated carbocycles. The standard InChI is InChI=1S/C12H15BrN4/c1-3-14-11(12-16-7-8-17(12)2)10-9(13)5-4-6-15-10/h4-8,11,14H,3H2,1-2H3. The molecular weight excluding hydrogens is 280 g/mol. The van der Waals surface area contributed by atoms with Crippen LogP contribution in [0.15, 0.2) is 35.2 Å². The highest BCUT2D eigenvalue weighted by Crippen LogP contribution is 2.25. The van der Waals surface area contributed by atoms with E-state index in [1.807, 2.05) is 29.9 Å². The van der Waals surface area contributed by atoms with Crippen LogP contribution in [0.2, 0.25) is 0 Å². The summed E-state index contributed by atoms with van der Waals surface area (Å²) < 4.78 is 3.00. The molecule has 0 bridgehead atoms. The van der Waals surface area contributed by atoms with E-state index in [0.717, 1.165) is 22.5 Å². The van der Waals surface area contributed by atoms with Crippen molar-refractivity contribution in [3.8, 4) is 0 Å². The van der Waals surface area contributed by atoms with Crippen LogP contribution in [0.3, 0.4) is 0 Å². The van der Waals surface area contributed by atoms with Gasteiger partial charge in [0.25, 0.3) is 0 Å². The van der Waals surface area contributed by atoms with E-state index >= 15 is 0 Å². The van der Waals surface area contributed by atoms with Gasteiger partial charge in [0.2, 0.25) is 0 Å². The van der Waals surface area contributed by atoms with Crippen molar-refractivity contribution in [1.82, 2.24) is 19.9 Å². The number of rotatable bonds is 4. The molecule has 0 fully saturated rings. The van der Waals surface area contributed by atoms with E-state index in [-0.39, 0.29) is 6.04 Å². The van der Waals surface area contributed by atoms with Crippen LogP contribution in [0, 0.1) is 0 Å². The van der Waals surface area contributed by atoms with Crippen LogP contribution in [0.1, 0.15) is 24.5 Å². The van der Waals surface area contributed by atoms with E-state index in [0.29, 0.717) is 0 Å². The lowest BCUT2D eigenvalue weighted by molar-refractivity contribution is 0.563.